The van der Waals surface area contributed by atoms with Gasteiger partial charge >= 0.3 is 0 Å². The van der Waals surface area contributed by atoms with Gasteiger partial charge in [0.1, 0.15) is 5.69 Å². The molecule has 2 heterocycles. The van der Waals surface area contributed by atoms with Crippen LogP contribution in [0, 0.1) is 6.92 Å². The van der Waals surface area contributed by atoms with Crippen molar-refractivity contribution in [2.45, 2.75) is 32.3 Å². The Hall–Kier alpha value is -0.980. The largest absolute Gasteiger partial charge is 0.378 e. The fourth-order valence-corrected chi connectivity index (χ4v) is 2.77. The molecule has 2 N–H and O–H groups in total. The topological polar surface area (TPSA) is 68.5 Å². The number of thiazole rings is 1. The van der Waals surface area contributed by atoms with Gasteiger partial charge in [-0.3, -0.25) is 4.79 Å². The number of carbonyl (C=O) groups is 1. The van der Waals surface area contributed by atoms with Crippen LogP contribution in [0.15, 0.2) is 5.38 Å². The SMILES string of the molecule is Cc1nc(C(=O)N2CCC(OCCCN)CC2)cs1. The van der Waals surface area contributed by atoms with Crippen molar-refractivity contribution in [1.82, 2.24) is 9.88 Å². The van der Waals surface area contributed by atoms with Crippen LogP contribution in [-0.4, -0.2) is 48.1 Å². The summed E-state index contributed by atoms with van der Waals surface area (Å²) in [5.74, 6) is 0.0461. The third kappa shape index (κ3) is 3.99. The number of piperidine rings is 1. The molecule has 0 bridgehead atoms. The summed E-state index contributed by atoms with van der Waals surface area (Å²) in [6.45, 7) is 4.81. The lowest BCUT2D eigenvalue weighted by atomic mass is 10.1. The fraction of sp³-hybridized carbons (Fsp3) is 0.692. The predicted octanol–water partition coefficient (Wildman–Crippen LogP) is 1.42. The molecule has 0 aliphatic carbocycles. The molecule has 1 aliphatic rings. The molecule has 19 heavy (non-hydrogen) atoms. The summed E-state index contributed by atoms with van der Waals surface area (Å²) < 4.78 is 5.73. The molecule has 0 unspecified atom stereocenters. The molecule has 1 fully saturated rings. The number of aryl methyl sites for hydroxylation is 1. The van der Waals surface area contributed by atoms with E-state index in [-0.39, 0.29) is 12.0 Å². The van der Waals surface area contributed by atoms with Crippen LogP contribution in [0.3, 0.4) is 0 Å². The second-order valence-corrected chi connectivity index (χ2v) is 5.82. The summed E-state index contributed by atoms with van der Waals surface area (Å²) in [5.41, 5.74) is 6.01. The van der Waals surface area contributed by atoms with Crippen LogP contribution in [0.2, 0.25) is 0 Å². The number of nitrogens with zero attached hydrogens (tertiary/aromatic N) is 2. The molecule has 0 spiro atoms. The molecule has 1 aliphatic heterocycles. The molecule has 6 heteroatoms. The van der Waals surface area contributed by atoms with E-state index >= 15 is 0 Å². The van der Waals surface area contributed by atoms with Gasteiger partial charge in [0.05, 0.1) is 11.1 Å². The van der Waals surface area contributed by atoms with E-state index in [0.29, 0.717) is 12.2 Å². The molecule has 0 saturated carbocycles. The Morgan fingerprint density at radius 1 is 1.58 bits per heavy atom. The van der Waals surface area contributed by atoms with Crippen molar-refractivity contribution in [1.29, 1.82) is 0 Å². The highest BCUT2D eigenvalue weighted by molar-refractivity contribution is 7.09. The van der Waals surface area contributed by atoms with Crippen molar-refractivity contribution in [3.63, 3.8) is 0 Å². The van der Waals surface area contributed by atoms with Crippen LogP contribution in [0.1, 0.15) is 34.8 Å². The lowest BCUT2D eigenvalue weighted by molar-refractivity contribution is 0.00831. The third-order valence-corrected chi connectivity index (χ3v) is 4.04. The Morgan fingerprint density at radius 3 is 2.89 bits per heavy atom. The molecule has 2 rings (SSSR count). The molecular weight excluding hydrogens is 262 g/mol. The molecule has 5 nitrogen and oxygen atoms in total. The van der Waals surface area contributed by atoms with Crippen molar-refractivity contribution in [2.24, 2.45) is 5.73 Å². The van der Waals surface area contributed by atoms with E-state index in [1.807, 2.05) is 17.2 Å². The number of amides is 1. The lowest BCUT2D eigenvalue weighted by Crippen LogP contribution is -2.41. The van der Waals surface area contributed by atoms with Crippen molar-refractivity contribution >= 4 is 17.2 Å². The minimum Gasteiger partial charge on any atom is -0.378 e. The van der Waals surface area contributed by atoms with E-state index in [0.717, 1.165) is 44.0 Å². The number of ether oxygens (including phenoxy) is 1. The summed E-state index contributed by atoms with van der Waals surface area (Å²) in [5, 5.41) is 2.77. The van der Waals surface area contributed by atoms with Crippen LogP contribution < -0.4 is 5.73 Å². The molecule has 1 aromatic heterocycles. The third-order valence-electron chi connectivity index (χ3n) is 3.27. The Bertz CT molecular complexity index is 414. The van der Waals surface area contributed by atoms with E-state index in [4.69, 9.17) is 10.5 Å². The van der Waals surface area contributed by atoms with Gasteiger partial charge < -0.3 is 15.4 Å². The van der Waals surface area contributed by atoms with Gasteiger partial charge in [0.15, 0.2) is 0 Å². The second-order valence-electron chi connectivity index (χ2n) is 4.76. The summed E-state index contributed by atoms with van der Waals surface area (Å²) >= 11 is 1.52. The average molecular weight is 283 g/mol. The van der Waals surface area contributed by atoms with Gasteiger partial charge in [-0.05, 0) is 32.7 Å². The Kier molecular flexibility index (Phi) is 5.30. The number of hydrogen-bond acceptors (Lipinski definition) is 5. The first-order valence-corrected chi connectivity index (χ1v) is 7.61. The van der Waals surface area contributed by atoms with Gasteiger partial charge in [0.25, 0.3) is 5.91 Å². The summed E-state index contributed by atoms with van der Waals surface area (Å²) in [6.07, 6.45) is 2.98. The summed E-state index contributed by atoms with van der Waals surface area (Å²) in [4.78, 5) is 18.3. The van der Waals surface area contributed by atoms with Crippen LogP contribution in [0.4, 0.5) is 0 Å². The molecule has 0 atom stereocenters. The van der Waals surface area contributed by atoms with E-state index in [2.05, 4.69) is 4.98 Å². The molecular formula is C13H21N3O2S. The van der Waals surface area contributed by atoms with Crippen LogP contribution in [0.5, 0.6) is 0 Å². The van der Waals surface area contributed by atoms with E-state index in [1.54, 1.807) is 0 Å². The Labute approximate surface area is 117 Å². The number of nitrogens with two attached hydrogens (primary N) is 1. The number of rotatable bonds is 5. The molecule has 0 aromatic carbocycles. The van der Waals surface area contributed by atoms with Gasteiger partial charge in [-0.25, -0.2) is 4.98 Å². The van der Waals surface area contributed by atoms with Gasteiger partial charge in [-0.15, -0.1) is 11.3 Å². The first kappa shape index (κ1) is 14.4. The van der Waals surface area contributed by atoms with Crippen LogP contribution >= 0.6 is 11.3 Å². The highest BCUT2D eigenvalue weighted by atomic mass is 32.1. The molecule has 1 amide bonds. The Morgan fingerprint density at radius 2 is 2.32 bits per heavy atom. The predicted molar refractivity (Wildman–Crippen MR) is 75.4 cm³/mol. The monoisotopic (exact) mass is 283 g/mol. The second kappa shape index (κ2) is 6.98. The maximum absolute atomic E-state index is 12.2. The normalized spacial score (nSPS) is 16.8. The molecule has 1 aromatic rings. The maximum atomic E-state index is 12.2. The first-order valence-electron chi connectivity index (χ1n) is 6.74. The number of hydrogen-bond donors (Lipinski definition) is 1. The van der Waals surface area contributed by atoms with E-state index < -0.39 is 0 Å². The standard InChI is InChI=1S/C13H21N3O2S/c1-10-15-12(9-19-10)13(17)16-6-3-11(4-7-16)18-8-2-5-14/h9,11H,2-8,14H2,1H3. The fourth-order valence-electron chi connectivity index (χ4n) is 2.18. The lowest BCUT2D eigenvalue weighted by Gasteiger charge is -2.31. The zero-order valence-corrected chi connectivity index (χ0v) is 12.1. The van der Waals surface area contributed by atoms with Gasteiger partial charge in [0.2, 0.25) is 0 Å². The van der Waals surface area contributed by atoms with Crippen LogP contribution in [0.25, 0.3) is 0 Å². The summed E-state index contributed by atoms with van der Waals surface area (Å²) in [7, 11) is 0. The van der Waals surface area contributed by atoms with E-state index in [1.165, 1.54) is 11.3 Å². The van der Waals surface area contributed by atoms with Crippen molar-refractivity contribution in [3.8, 4) is 0 Å². The number of aromatic nitrogens is 1. The average Bonchev–Trinajstić information content (AvgIpc) is 2.86. The number of carbonyl (C=O) groups excluding carboxylic acids is 1. The molecule has 1 saturated heterocycles. The molecule has 106 valence electrons. The minimum atomic E-state index is 0.0461. The maximum Gasteiger partial charge on any atom is 0.273 e. The highest BCUT2D eigenvalue weighted by Crippen LogP contribution is 2.17. The summed E-state index contributed by atoms with van der Waals surface area (Å²) in [6, 6.07) is 0. The number of likely N-dealkylation sites (tertiary alicyclic amines) is 1. The zero-order valence-electron chi connectivity index (χ0n) is 11.3. The van der Waals surface area contributed by atoms with Crippen molar-refractivity contribution < 1.29 is 9.53 Å². The van der Waals surface area contributed by atoms with Gasteiger partial charge in [0, 0.05) is 25.1 Å². The molecule has 0 radical (unpaired) electrons. The van der Waals surface area contributed by atoms with Gasteiger partial charge in [-0.2, -0.15) is 0 Å². The van der Waals surface area contributed by atoms with E-state index in [9.17, 15) is 4.79 Å². The zero-order chi connectivity index (χ0) is 13.7. The smallest absolute Gasteiger partial charge is 0.273 e. The van der Waals surface area contributed by atoms with Crippen molar-refractivity contribution in [2.75, 3.05) is 26.2 Å². The van der Waals surface area contributed by atoms with Gasteiger partial charge in [-0.1, -0.05) is 0 Å². The quantitative estimate of drug-likeness (QED) is 0.830. The first-order chi connectivity index (χ1) is 9.20. The van der Waals surface area contributed by atoms with Crippen LogP contribution in [-0.2, 0) is 4.74 Å². The van der Waals surface area contributed by atoms with Crippen molar-refractivity contribution in [3.05, 3.63) is 16.1 Å². The highest BCUT2D eigenvalue weighted by Gasteiger charge is 2.25. The Balaban J connectivity index is 1.78. The minimum absolute atomic E-state index is 0.0461.